The van der Waals surface area contributed by atoms with E-state index in [1.807, 2.05) is 6.92 Å². The quantitative estimate of drug-likeness (QED) is 0.288. The van der Waals surface area contributed by atoms with E-state index < -0.39 is 11.9 Å². The first-order chi connectivity index (χ1) is 11.8. The van der Waals surface area contributed by atoms with Gasteiger partial charge in [0, 0.05) is 19.8 Å². The Morgan fingerprint density at radius 2 is 1.68 bits per heavy atom. The summed E-state index contributed by atoms with van der Waals surface area (Å²) in [5, 5.41) is 0. The molecule has 1 unspecified atom stereocenters. The third-order valence-electron chi connectivity index (χ3n) is 3.64. The highest BCUT2D eigenvalue weighted by Gasteiger charge is 2.12. The highest BCUT2D eigenvalue weighted by atomic mass is 16.6. The maximum Gasteiger partial charge on any atom is 0.308 e. The summed E-state index contributed by atoms with van der Waals surface area (Å²) in [5.41, 5.74) is 0.682. The van der Waals surface area contributed by atoms with Gasteiger partial charge in [-0.15, -0.1) is 0 Å². The van der Waals surface area contributed by atoms with E-state index in [9.17, 15) is 14.4 Å². The molecule has 5 nitrogen and oxygen atoms in total. The first-order valence-electron chi connectivity index (χ1n) is 8.56. The summed E-state index contributed by atoms with van der Waals surface area (Å²) >= 11 is 0. The molecule has 0 saturated heterocycles. The van der Waals surface area contributed by atoms with Crippen LogP contribution >= 0.6 is 0 Å². The largest absolute Gasteiger partial charge is 0.423 e. The summed E-state index contributed by atoms with van der Waals surface area (Å²) in [4.78, 5) is 34.5. The van der Waals surface area contributed by atoms with Crippen molar-refractivity contribution in [2.24, 2.45) is 5.92 Å². The third kappa shape index (κ3) is 7.79. The van der Waals surface area contributed by atoms with Crippen LogP contribution in [0.1, 0.15) is 58.9 Å². The van der Waals surface area contributed by atoms with Gasteiger partial charge in [0.1, 0.15) is 0 Å². The lowest BCUT2D eigenvalue weighted by Gasteiger charge is -2.09. The average Bonchev–Trinajstić information content (AvgIpc) is 2.53. The predicted molar refractivity (Wildman–Crippen MR) is 96.4 cm³/mol. The van der Waals surface area contributed by atoms with E-state index in [0.29, 0.717) is 5.56 Å². The maximum absolute atomic E-state index is 12.1. The fraction of sp³-hybridized carbons (Fsp3) is 0.450. The second kappa shape index (κ2) is 10.4. The molecule has 0 aliphatic carbocycles. The molecule has 1 atom stereocenters. The zero-order chi connectivity index (χ0) is 18.8. The Kier molecular flexibility index (Phi) is 8.61. The molecule has 0 saturated carbocycles. The van der Waals surface area contributed by atoms with Crippen molar-refractivity contribution in [3.8, 4) is 11.5 Å². The molecule has 0 aromatic heterocycles. The monoisotopic (exact) mass is 346 g/mol. The number of carbonyl (C=O) groups is 3. The fourth-order valence-corrected chi connectivity index (χ4v) is 2.29. The maximum atomic E-state index is 12.1. The van der Waals surface area contributed by atoms with Crippen LogP contribution in [-0.2, 0) is 14.4 Å². The van der Waals surface area contributed by atoms with E-state index >= 15 is 0 Å². The molecular formula is C20H26O5. The van der Waals surface area contributed by atoms with Gasteiger partial charge in [0.15, 0.2) is 17.3 Å². The van der Waals surface area contributed by atoms with E-state index in [2.05, 4.69) is 6.92 Å². The number of allylic oxidation sites excluding steroid dienone is 1. The number of hydrogen-bond donors (Lipinski definition) is 0. The van der Waals surface area contributed by atoms with Gasteiger partial charge in [-0.3, -0.25) is 14.4 Å². The number of esters is 2. The zero-order valence-corrected chi connectivity index (χ0v) is 15.3. The van der Waals surface area contributed by atoms with Gasteiger partial charge in [0.05, 0.1) is 0 Å². The van der Waals surface area contributed by atoms with Crippen LogP contribution in [0.25, 0.3) is 6.08 Å². The SMILES string of the molecule is CCCCCC(C)C(=O)/C=C/c1ccc(OC(C)=O)c(OC(C)=O)c1. The molecule has 0 aliphatic heterocycles. The van der Waals surface area contributed by atoms with Crippen molar-refractivity contribution in [3.63, 3.8) is 0 Å². The molecule has 136 valence electrons. The summed E-state index contributed by atoms with van der Waals surface area (Å²) in [6, 6.07) is 4.79. The molecule has 0 heterocycles. The van der Waals surface area contributed by atoms with Crippen molar-refractivity contribution in [1.29, 1.82) is 0 Å². The van der Waals surface area contributed by atoms with Crippen molar-refractivity contribution in [3.05, 3.63) is 29.8 Å². The number of rotatable bonds is 9. The van der Waals surface area contributed by atoms with Gasteiger partial charge in [-0.1, -0.05) is 45.3 Å². The van der Waals surface area contributed by atoms with E-state index in [1.165, 1.54) is 26.0 Å². The summed E-state index contributed by atoms with van der Waals surface area (Å²) in [6.07, 6.45) is 7.39. The molecule has 0 fully saturated rings. The molecule has 0 bridgehead atoms. The Hall–Kier alpha value is -2.43. The first-order valence-corrected chi connectivity index (χ1v) is 8.56. The average molecular weight is 346 g/mol. The number of carbonyl (C=O) groups excluding carboxylic acids is 3. The Morgan fingerprint density at radius 1 is 1.04 bits per heavy atom. The molecule has 1 aromatic rings. The minimum absolute atomic E-state index is 0.0175. The van der Waals surface area contributed by atoms with Crippen LogP contribution in [0.15, 0.2) is 24.3 Å². The highest BCUT2D eigenvalue weighted by molar-refractivity contribution is 5.95. The van der Waals surface area contributed by atoms with Crippen LogP contribution in [-0.4, -0.2) is 17.7 Å². The minimum Gasteiger partial charge on any atom is -0.423 e. The fourth-order valence-electron chi connectivity index (χ4n) is 2.29. The number of unbranched alkanes of at least 4 members (excludes halogenated alkanes) is 2. The molecule has 0 radical (unpaired) electrons. The smallest absolute Gasteiger partial charge is 0.308 e. The molecule has 0 aliphatic rings. The Morgan fingerprint density at radius 3 is 2.28 bits per heavy atom. The summed E-state index contributed by atoms with van der Waals surface area (Å²) < 4.78 is 10.1. The van der Waals surface area contributed by atoms with Gasteiger partial charge in [-0.05, 0) is 30.2 Å². The van der Waals surface area contributed by atoms with E-state index in [1.54, 1.807) is 18.2 Å². The molecule has 0 spiro atoms. The molecule has 25 heavy (non-hydrogen) atoms. The van der Waals surface area contributed by atoms with Crippen LogP contribution in [0.3, 0.4) is 0 Å². The topological polar surface area (TPSA) is 69.7 Å². The van der Waals surface area contributed by atoms with Crippen LogP contribution < -0.4 is 9.47 Å². The summed E-state index contributed by atoms with van der Waals surface area (Å²) in [7, 11) is 0. The van der Waals surface area contributed by atoms with Crippen molar-refractivity contribution in [2.45, 2.75) is 53.4 Å². The second-order valence-electron chi connectivity index (χ2n) is 6.03. The zero-order valence-electron chi connectivity index (χ0n) is 15.3. The van der Waals surface area contributed by atoms with Gasteiger partial charge in [-0.2, -0.15) is 0 Å². The number of ether oxygens (including phenoxy) is 2. The number of hydrogen-bond acceptors (Lipinski definition) is 5. The molecule has 0 amide bonds. The summed E-state index contributed by atoms with van der Waals surface area (Å²) in [5.74, 6) is -0.666. The Bertz CT molecular complexity index is 645. The second-order valence-corrected chi connectivity index (χ2v) is 6.03. The lowest BCUT2D eigenvalue weighted by molar-refractivity contribution is -0.134. The minimum atomic E-state index is -0.518. The van der Waals surface area contributed by atoms with Gasteiger partial charge < -0.3 is 9.47 Å². The van der Waals surface area contributed by atoms with Gasteiger partial charge >= 0.3 is 11.9 Å². The lowest BCUT2D eigenvalue weighted by atomic mass is 9.98. The standard InChI is InChI=1S/C20H26O5/c1-5-6-7-8-14(2)18(23)11-9-17-10-12-19(24-15(3)21)20(13-17)25-16(4)22/h9-14H,5-8H2,1-4H3/b11-9+. The molecule has 1 rings (SSSR count). The molecule has 5 heteroatoms. The highest BCUT2D eigenvalue weighted by Crippen LogP contribution is 2.29. The number of benzene rings is 1. The molecule has 0 N–H and O–H groups in total. The number of ketones is 1. The predicted octanol–water partition coefficient (Wildman–Crippen LogP) is 4.34. The molecular weight excluding hydrogens is 320 g/mol. The van der Waals surface area contributed by atoms with Gasteiger partial charge in [0.2, 0.25) is 0 Å². The third-order valence-corrected chi connectivity index (χ3v) is 3.64. The van der Waals surface area contributed by atoms with Crippen LogP contribution in [0.4, 0.5) is 0 Å². The van der Waals surface area contributed by atoms with Gasteiger partial charge in [-0.25, -0.2) is 0 Å². The van der Waals surface area contributed by atoms with Crippen molar-refractivity contribution in [1.82, 2.24) is 0 Å². The van der Waals surface area contributed by atoms with E-state index in [4.69, 9.17) is 9.47 Å². The normalized spacial score (nSPS) is 12.0. The molecule has 1 aromatic carbocycles. The lowest BCUT2D eigenvalue weighted by Crippen LogP contribution is -2.08. The van der Waals surface area contributed by atoms with Crippen LogP contribution in [0.5, 0.6) is 11.5 Å². The van der Waals surface area contributed by atoms with E-state index in [0.717, 1.165) is 25.7 Å². The summed E-state index contributed by atoms with van der Waals surface area (Å²) in [6.45, 7) is 6.59. The van der Waals surface area contributed by atoms with Crippen molar-refractivity contribution < 1.29 is 23.9 Å². The van der Waals surface area contributed by atoms with Crippen molar-refractivity contribution in [2.75, 3.05) is 0 Å². The Labute approximate surface area is 149 Å². The van der Waals surface area contributed by atoms with Gasteiger partial charge in [0.25, 0.3) is 0 Å². The van der Waals surface area contributed by atoms with Crippen molar-refractivity contribution >= 4 is 23.8 Å². The van der Waals surface area contributed by atoms with Crippen LogP contribution in [0, 0.1) is 5.92 Å². The Balaban J connectivity index is 2.85. The van der Waals surface area contributed by atoms with E-state index in [-0.39, 0.29) is 23.2 Å². The first kappa shape index (κ1) is 20.6. The van der Waals surface area contributed by atoms with Crippen LogP contribution in [0.2, 0.25) is 0 Å².